The molecule has 0 aliphatic carbocycles. The Labute approximate surface area is 50.1 Å². The van der Waals surface area contributed by atoms with E-state index in [-0.39, 0.29) is 0 Å². The zero-order valence-corrected chi connectivity index (χ0v) is 4.53. The Hall–Kier alpha value is -0.500. The van der Waals surface area contributed by atoms with Crippen molar-refractivity contribution in [2.75, 3.05) is 0 Å². The fourth-order valence-electron chi connectivity index (χ4n) is 0.0845. The molecule has 0 rings (SSSR count). The Kier molecular flexibility index (Phi) is 2.26. The second kappa shape index (κ2) is 2.40. The van der Waals surface area contributed by atoms with Gasteiger partial charge < -0.3 is 4.55 Å². The number of rotatable bonds is 1. The number of hydrogen-bond donors (Lipinski definition) is 0. The fraction of sp³-hybridized carbons (Fsp3) is 1.00. The van der Waals surface area contributed by atoms with Crippen molar-refractivity contribution in [1.82, 2.24) is 0 Å². The maximum absolute atomic E-state index is 11.0. The predicted octanol–water partition coefficient (Wildman–Crippen LogP) is 0.447. The first-order chi connectivity index (χ1) is 3.85. The van der Waals surface area contributed by atoms with E-state index in [4.69, 9.17) is 10.1 Å². The van der Waals surface area contributed by atoms with Crippen molar-refractivity contribution in [2.24, 2.45) is 0 Å². The Morgan fingerprint density at radius 2 is 1.78 bits per heavy atom. The largest absolute Gasteiger partial charge is 0.644 e. The van der Waals surface area contributed by atoms with Gasteiger partial charge in [-0.25, -0.2) is 10.1 Å². The van der Waals surface area contributed by atoms with Crippen molar-refractivity contribution >= 4 is 11.4 Å². The summed E-state index contributed by atoms with van der Waals surface area (Å²) in [4.78, 5) is 9.13. The topological polar surface area (TPSA) is 66.2 Å². The molecule has 0 heterocycles. The minimum Gasteiger partial charge on any atom is -0.544 e. The van der Waals surface area contributed by atoms with Crippen LogP contribution in [0.3, 0.4) is 0 Å². The average molecular weight is 163 g/mol. The van der Waals surface area contributed by atoms with E-state index in [1.807, 2.05) is 0 Å². The van der Waals surface area contributed by atoms with Crippen LogP contribution in [0.4, 0.5) is 13.2 Å². The lowest BCUT2D eigenvalue weighted by Gasteiger charge is -1.98. The lowest BCUT2D eigenvalue weighted by atomic mass is 11.6. The number of nitrogens with zero attached hydrogens (tertiary/aromatic N) is 1. The van der Waals surface area contributed by atoms with Gasteiger partial charge in [0.25, 0.3) is 4.33 Å². The highest BCUT2D eigenvalue weighted by Crippen LogP contribution is 2.23. The van der Waals surface area contributed by atoms with Crippen LogP contribution in [0.15, 0.2) is 0 Å². The van der Waals surface area contributed by atoms with E-state index in [9.17, 15) is 17.7 Å². The van der Waals surface area contributed by atoms with Gasteiger partial charge in [-0.05, 0) is 0 Å². The second-order valence-electron chi connectivity index (χ2n) is 0.919. The minimum atomic E-state index is -5.25. The summed E-state index contributed by atoms with van der Waals surface area (Å²) in [5.41, 5.74) is -5.25. The zero-order chi connectivity index (χ0) is 7.65. The lowest BCUT2D eigenvalue weighted by Crippen LogP contribution is -2.29. The lowest BCUT2D eigenvalue weighted by molar-refractivity contribution is -0.321. The molecule has 0 N–H and O–H groups in total. The van der Waals surface area contributed by atoms with E-state index < -0.39 is 21.2 Å². The maximum atomic E-state index is 11.0. The predicted molar refractivity (Wildman–Crippen MR) is 21.2 cm³/mol. The van der Waals surface area contributed by atoms with Crippen LogP contribution in [0, 0.1) is 10.1 Å². The Morgan fingerprint density at radius 1 is 1.44 bits per heavy atom. The summed E-state index contributed by atoms with van der Waals surface area (Å²) in [6.07, 6.45) is 0. The molecule has 0 aromatic rings. The monoisotopic (exact) mass is 163 g/mol. The summed E-state index contributed by atoms with van der Waals surface area (Å²) in [6, 6.07) is 0. The minimum absolute atomic E-state index is 1.90. The van der Waals surface area contributed by atoms with Crippen molar-refractivity contribution in [3.63, 3.8) is 0 Å². The first-order valence-corrected chi connectivity index (χ1v) is 2.59. The van der Waals surface area contributed by atoms with Crippen molar-refractivity contribution < 1.29 is 22.1 Å². The summed E-state index contributed by atoms with van der Waals surface area (Å²) in [7, 11) is 0. The van der Waals surface area contributed by atoms with Crippen LogP contribution in [0.25, 0.3) is 0 Å². The smallest absolute Gasteiger partial charge is 0.544 e. The molecule has 54 valence electrons. The summed E-state index contributed by atoms with van der Waals surface area (Å²) in [5, 5.41) is 9.13. The van der Waals surface area contributed by atoms with Crippen LogP contribution in [-0.4, -0.2) is 14.4 Å². The molecule has 1 unspecified atom stereocenters. The Morgan fingerprint density at radius 3 is 1.78 bits per heavy atom. The molecule has 0 bridgehead atoms. The fourth-order valence-corrected chi connectivity index (χ4v) is 0.254. The highest BCUT2D eigenvalue weighted by atomic mass is 32.2. The molecule has 0 amide bonds. The van der Waals surface area contributed by atoms with Gasteiger partial charge in [0.05, 0.1) is 0 Å². The number of alkyl halides is 3. The maximum Gasteiger partial charge on any atom is 0.644 e. The molecule has 0 saturated heterocycles. The molecule has 0 aromatic carbocycles. The third kappa shape index (κ3) is 2.51. The average Bonchev–Trinajstić information content (AvgIpc) is 1.62. The van der Waals surface area contributed by atoms with E-state index >= 15 is 0 Å². The summed E-state index contributed by atoms with van der Waals surface area (Å²) < 4.78 is 40.4. The molecule has 0 aromatic heterocycles. The standard InChI is InChI=1S/CF3NO3S/c2-1(3,4)9(8)5(6)7. The first-order valence-electron chi connectivity index (χ1n) is 1.49. The van der Waals surface area contributed by atoms with Crippen molar-refractivity contribution in [3.8, 4) is 0 Å². The quantitative estimate of drug-likeness (QED) is 0.320. The van der Waals surface area contributed by atoms with Crippen LogP contribution >= 0.6 is 0 Å². The molecule has 0 fully saturated rings. The summed E-state index contributed by atoms with van der Waals surface area (Å²) in [5.74, 6) is 0. The van der Waals surface area contributed by atoms with Gasteiger partial charge in [-0.3, -0.25) is 0 Å². The first kappa shape index (κ1) is 8.50. The van der Waals surface area contributed by atoms with E-state index in [2.05, 4.69) is 0 Å². The van der Waals surface area contributed by atoms with Crippen LogP contribution in [0.5, 0.6) is 0 Å². The van der Waals surface area contributed by atoms with Gasteiger partial charge in [0.15, 0.2) is 0 Å². The molecular weight excluding hydrogens is 163 g/mol. The summed E-state index contributed by atoms with van der Waals surface area (Å²) in [6.45, 7) is 0. The molecule has 0 spiro atoms. The van der Waals surface area contributed by atoms with Gasteiger partial charge in [-0.1, -0.05) is 0 Å². The normalized spacial score (nSPS) is 15.1. The highest BCUT2D eigenvalue weighted by molar-refractivity contribution is 7.86. The third-order valence-corrected chi connectivity index (χ3v) is 1.00. The van der Waals surface area contributed by atoms with Gasteiger partial charge in [-0.2, -0.15) is 0 Å². The van der Waals surface area contributed by atoms with E-state index in [1.54, 1.807) is 0 Å². The van der Waals surface area contributed by atoms with Gasteiger partial charge in [0, 0.05) is 0 Å². The molecule has 4 nitrogen and oxygen atoms in total. The van der Waals surface area contributed by atoms with Crippen molar-refractivity contribution in [1.29, 1.82) is 0 Å². The van der Waals surface area contributed by atoms with Crippen molar-refractivity contribution in [3.05, 3.63) is 10.1 Å². The zero-order valence-electron chi connectivity index (χ0n) is 3.71. The SMILES string of the molecule is O=[N+]([O-])[S+]([O-])C(F)(F)F. The number of halogens is 3. The second-order valence-corrected chi connectivity index (χ2v) is 2.18. The van der Waals surface area contributed by atoms with Crippen LogP contribution < -0.4 is 0 Å². The molecule has 8 heteroatoms. The molecule has 0 saturated carbocycles. The molecule has 1 atom stereocenters. The molecular formula is CF3NO3S. The number of hydrogen-bond acceptors (Lipinski definition) is 3. The molecule has 0 aliphatic heterocycles. The van der Waals surface area contributed by atoms with E-state index in [0.717, 1.165) is 0 Å². The van der Waals surface area contributed by atoms with Crippen LogP contribution in [-0.2, 0) is 11.4 Å². The summed E-state index contributed by atoms with van der Waals surface area (Å²) >= 11 is -3.97. The van der Waals surface area contributed by atoms with Crippen LogP contribution in [0.2, 0.25) is 0 Å². The Balaban J connectivity index is 4.04. The molecule has 9 heavy (non-hydrogen) atoms. The molecule has 0 radical (unpaired) electrons. The van der Waals surface area contributed by atoms with Gasteiger partial charge >= 0.3 is 16.9 Å². The Bertz CT molecular complexity index is 123. The van der Waals surface area contributed by atoms with Crippen LogP contribution in [0.1, 0.15) is 0 Å². The number of nitro groups is 1. The van der Waals surface area contributed by atoms with Gasteiger partial charge in [0.1, 0.15) is 0 Å². The van der Waals surface area contributed by atoms with Gasteiger partial charge in [0.2, 0.25) is 0 Å². The highest BCUT2D eigenvalue weighted by Gasteiger charge is 2.56. The van der Waals surface area contributed by atoms with E-state index in [1.165, 1.54) is 0 Å². The van der Waals surface area contributed by atoms with Gasteiger partial charge in [-0.15, -0.1) is 13.2 Å². The third-order valence-electron chi connectivity index (χ3n) is 0.333. The van der Waals surface area contributed by atoms with Crippen molar-refractivity contribution in [2.45, 2.75) is 5.51 Å². The molecule has 0 aliphatic rings. The van der Waals surface area contributed by atoms with E-state index in [0.29, 0.717) is 0 Å².